The number of ether oxygens (including phenoxy) is 2. The van der Waals surface area contributed by atoms with Gasteiger partial charge in [-0.25, -0.2) is 4.79 Å². The molecule has 6 nitrogen and oxygen atoms in total. The van der Waals surface area contributed by atoms with Gasteiger partial charge in [-0.15, -0.1) is 0 Å². The lowest BCUT2D eigenvalue weighted by molar-refractivity contribution is 0.120. The van der Waals surface area contributed by atoms with Crippen LogP contribution in [0.5, 0.6) is 0 Å². The number of hydrogen-bond acceptors (Lipinski definition) is 4. The average molecular weight is 464 g/mol. The fraction of sp³-hybridized carbons (Fsp3) is 0.346. The molecule has 3 aliphatic rings. The lowest BCUT2D eigenvalue weighted by Gasteiger charge is -2.40. The third-order valence-electron chi connectivity index (χ3n) is 6.95. The summed E-state index contributed by atoms with van der Waals surface area (Å²) in [5.41, 5.74) is 7.66. The summed E-state index contributed by atoms with van der Waals surface area (Å²) in [4.78, 5) is 17.3. The molecule has 0 N–H and O–H groups in total. The van der Waals surface area contributed by atoms with Crippen LogP contribution in [0.3, 0.4) is 0 Å². The molecule has 1 saturated heterocycles. The fourth-order valence-corrected chi connectivity index (χ4v) is 5.32. The maximum atomic E-state index is 12.9. The fourth-order valence-electron chi connectivity index (χ4n) is 5.16. The van der Waals surface area contributed by atoms with Crippen LogP contribution in [0.1, 0.15) is 39.4 Å². The molecular weight excluding hydrogens is 438 g/mol. The number of benzene rings is 2. The average Bonchev–Trinajstić information content (AvgIpc) is 3.59. The molecule has 0 radical (unpaired) electrons. The maximum Gasteiger partial charge on any atom is 0.328 e. The lowest BCUT2D eigenvalue weighted by atomic mass is 9.92. The van der Waals surface area contributed by atoms with Crippen molar-refractivity contribution in [2.24, 2.45) is 0 Å². The van der Waals surface area contributed by atoms with Gasteiger partial charge in [0.05, 0.1) is 37.5 Å². The van der Waals surface area contributed by atoms with Crippen LogP contribution in [0, 0.1) is 0 Å². The summed E-state index contributed by atoms with van der Waals surface area (Å²) in [6.45, 7) is 5.69. The Bertz CT molecular complexity index is 1140. The summed E-state index contributed by atoms with van der Waals surface area (Å²) in [7, 11) is 0. The smallest absolute Gasteiger partial charge is 0.328 e. The predicted molar refractivity (Wildman–Crippen MR) is 125 cm³/mol. The van der Waals surface area contributed by atoms with Crippen molar-refractivity contribution in [2.45, 2.75) is 32.5 Å². The molecule has 3 aliphatic heterocycles. The van der Waals surface area contributed by atoms with E-state index in [9.17, 15) is 4.79 Å². The van der Waals surface area contributed by atoms with E-state index < -0.39 is 0 Å². The molecular formula is C26H26ClN3O3. The van der Waals surface area contributed by atoms with Crippen molar-refractivity contribution < 1.29 is 14.3 Å². The highest BCUT2D eigenvalue weighted by atomic mass is 35.5. The molecule has 170 valence electrons. The highest BCUT2D eigenvalue weighted by molar-refractivity contribution is 6.30. The topological polar surface area (TPSA) is 46.9 Å². The van der Waals surface area contributed by atoms with Crippen LogP contribution in [0.2, 0.25) is 5.02 Å². The SMILES string of the molecule is O=C(N1CCN(C(c2ccc3c(c2)COC3)c2ccc3c(c2)COC3)CC1)n1ccc(Cl)c1. The van der Waals surface area contributed by atoms with Gasteiger partial charge < -0.3 is 14.4 Å². The highest BCUT2D eigenvalue weighted by Crippen LogP contribution is 2.34. The third kappa shape index (κ3) is 3.97. The quantitative estimate of drug-likeness (QED) is 0.570. The molecule has 33 heavy (non-hydrogen) atoms. The summed E-state index contributed by atoms with van der Waals surface area (Å²) in [5.74, 6) is 0. The van der Waals surface area contributed by atoms with Crippen molar-refractivity contribution in [3.63, 3.8) is 0 Å². The first kappa shape index (κ1) is 20.9. The van der Waals surface area contributed by atoms with E-state index in [1.807, 2.05) is 4.90 Å². The summed E-state index contributed by atoms with van der Waals surface area (Å²) >= 11 is 6.01. The monoisotopic (exact) mass is 463 g/mol. The second-order valence-electron chi connectivity index (χ2n) is 8.99. The van der Waals surface area contributed by atoms with Gasteiger partial charge in [0.25, 0.3) is 0 Å². The molecule has 0 saturated carbocycles. The number of halogens is 1. The number of nitrogens with zero attached hydrogens (tertiary/aromatic N) is 3. The zero-order valence-corrected chi connectivity index (χ0v) is 19.1. The molecule has 1 fully saturated rings. The molecule has 0 unspecified atom stereocenters. The van der Waals surface area contributed by atoms with Crippen molar-refractivity contribution in [2.75, 3.05) is 26.2 Å². The summed E-state index contributed by atoms with van der Waals surface area (Å²) in [6, 6.07) is 15.3. The minimum Gasteiger partial charge on any atom is -0.372 e. The molecule has 1 amide bonds. The van der Waals surface area contributed by atoms with Gasteiger partial charge in [0.1, 0.15) is 0 Å². The highest BCUT2D eigenvalue weighted by Gasteiger charge is 2.30. The zero-order chi connectivity index (χ0) is 22.4. The Balaban J connectivity index is 1.28. The van der Waals surface area contributed by atoms with E-state index in [0.29, 0.717) is 44.5 Å². The molecule has 0 atom stereocenters. The standard InChI is InChI=1S/C26H26ClN3O3/c27-24-5-6-30(13-24)26(31)29-9-7-28(8-10-29)25(18-1-3-20-14-32-16-22(20)11-18)19-2-4-21-15-33-17-23(21)12-19/h1-6,11-13,25H,7-10,14-17H2. The van der Waals surface area contributed by atoms with E-state index in [1.54, 1.807) is 23.0 Å². The largest absolute Gasteiger partial charge is 0.372 e. The first-order valence-electron chi connectivity index (χ1n) is 11.4. The van der Waals surface area contributed by atoms with Gasteiger partial charge in [0, 0.05) is 38.6 Å². The van der Waals surface area contributed by atoms with Crippen molar-refractivity contribution in [1.82, 2.24) is 14.4 Å². The van der Waals surface area contributed by atoms with E-state index in [-0.39, 0.29) is 12.1 Å². The Morgan fingerprint density at radius 1 is 0.788 bits per heavy atom. The number of fused-ring (bicyclic) bond motifs is 2. The normalized spacial score (nSPS) is 18.1. The van der Waals surface area contributed by atoms with Gasteiger partial charge in [-0.1, -0.05) is 48.0 Å². The lowest BCUT2D eigenvalue weighted by Crippen LogP contribution is -2.50. The maximum absolute atomic E-state index is 12.9. The van der Waals surface area contributed by atoms with Crippen LogP contribution >= 0.6 is 11.6 Å². The minimum absolute atomic E-state index is 0.0255. The number of aromatic nitrogens is 1. The summed E-state index contributed by atoms with van der Waals surface area (Å²) in [6.07, 6.45) is 3.39. The van der Waals surface area contributed by atoms with Crippen molar-refractivity contribution in [3.8, 4) is 0 Å². The van der Waals surface area contributed by atoms with Gasteiger partial charge in [-0.3, -0.25) is 9.47 Å². The minimum atomic E-state index is -0.0255. The first-order chi connectivity index (χ1) is 16.2. The Hall–Kier alpha value is -2.64. The molecule has 0 bridgehead atoms. The Kier molecular flexibility index (Phi) is 5.46. The van der Waals surface area contributed by atoms with Crippen LogP contribution in [0.4, 0.5) is 4.79 Å². The number of hydrogen-bond donors (Lipinski definition) is 0. The van der Waals surface area contributed by atoms with Crippen LogP contribution in [0.15, 0.2) is 54.9 Å². The van der Waals surface area contributed by atoms with E-state index in [1.165, 1.54) is 33.4 Å². The van der Waals surface area contributed by atoms with Crippen LogP contribution < -0.4 is 0 Å². The van der Waals surface area contributed by atoms with Gasteiger partial charge in [-0.2, -0.15) is 0 Å². The number of piperazine rings is 1. The van der Waals surface area contributed by atoms with E-state index in [2.05, 4.69) is 41.3 Å². The molecule has 6 rings (SSSR count). The summed E-state index contributed by atoms with van der Waals surface area (Å²) < 4.78 is 12.9. The van der Waals surface area contributed by atoms with Crippen molar-refractivity contribution in [1.29, 1.82) is 0 Å². The third-order valence-corrected chi connectivity index (χ3v) is 7.17. The molecule has 4 heterocycles. The Morgan fingerprint density at radius 2 is 1.36 bits per heavy atom. The second-order valence-corrected chi connectivity index (χ2v) is 9.42. The number of amides is 1. The molecule has 7 heteroatoms. The molecule has 2 aromatic carbocycles. The van der Waals surface area contributed by atoms with E-state index in [4.69, 9.17) is 21.1 Å². The molecule has 1 aromatic heterocycles. The van der Waals surface area contributed by atoms with Crippen LogP contribution in [-0.4, -0.2) is 46.6 Å². The first-order valence-corrected chi connectivity index (χ1v) is 11.8. The van der Waals surface area contributed by atoms with Gasteiger partial charge in [-0.05, 0) is 39.4 Å². The molecule has 3 aromatic rings. The van der Waals surface area contributed by atoms with Gasteiger partial charge in [0.15, 0.2) is 0 Å². The van der Waals surface area contributed by atoms with Crippen molar-refractivity contribution >= 4 is 17.6 Å². The summed E-state index contributed by atoms with van der Waals surface area (Å²) in [5, 5.41) is 0.572. The van der Waals surface area contributed by atoms with Crippen LogP contribution in [0.25, 0.3) is 0 Å². The second kappa shape index (κ2) is 8.61. The molecule has 0 aliphatic carbocycles. The zero-order valence-electron chi connectivity index (χ0n) is 18.4. The number of carbonyl (C=O) groups excluding carboxylic acids is 1. The Morgan fingerprint density at radius 3 is 1.91 bits per heavy atom. The number of carbonyl (C=O) groups is 1. The molecule has 0 spiro atoms. The predicted octanol–water partition coefficient (Wildman–Crippen LogP) is 4.58. The van der Waals surface area contributed by atoms with Crippen LogP contribution in [-0.2, 0) is 35.9 Å². The van der Waals surface area contributed by atoms with Gasteiger partial charge >= 0.3 is 6.03 Å². The van der Waals surface area contributed by atoms with E-state index >= 15 is 0 Å². The van der Waals surface area contributed by atoms with Gasteiger partial charge in [0.2, 0.25) is 0 Å². The Labute approximate surface area is 198 Å². The van der Waals surface area contributed by atoms with Crippen molar-refractivity contribution in [3.05, 3.63) is 93.3 Å². The number of rotatable bonds is 3. The van der Waals surface area contributed by atoms with E-state index in [0.717, 1.165) is 13.1 Å².